The molecule has 1 aromatic rings. The molecular weight excluding hydrogens is 496 g/mol. The van der Waals surface area contributed by atoms with Crippen LogP contribution in [-0.4, -0.2) is 51.3 Å². The molecule has 37 heavy (non-hydrogen) atoms. The number of hydrogen-bond acceptors (Lipinski definition) is 8. The molecule has 0 saturated carbocycles. The van der Waals surface area contributed by atoms with Gasteiger partial charge < -0.3 is 24.8 Å². The minimum absolute atomic E-state index is 0. The molecule has 1 aliphatic heterocycles. The number of carbonyl (C=O) groups is 3. The number of esters is 3. The van der Waals surface area contributed by atoms with Gasteiger partial charge >= 0.3 is 17.9 Å². The Morgan fingerprint density at radius 1 is 0.973 bits per heavy atom. The Bertz CT molecular complexity index is 1060. The summed E-state index contributed by atoms with van der Waals surface area (Å²) >= 11 is 0. The maximum atomic E-state index is 13.3. The first kappa shape index (κ1) is 31.9. The summed E-state index contributed by atoms with van der Waals surface area (Å²) in [6.07, 6.45) is 2.96. The first-order valence-electron chi connectivity index (χ1n) is 12.5. The van der Waals surface area contributed by atoms with E-state index in [1.807, 2.05) is 38.1 Å². The van der Waals surface area contributed by atoms with Gasteiger partial charge in [0, 0.05) is 23.5 Å². The lowest BCUT2D eigenvalue weighted by molar-refractivity contribution is -0.140. The number of halogens is 1. The third kappa shape index (κ3) is 7.94. The van der Waals surface area contributed by atoms with E-state index in [1.165, 1.54) is 0 Å². The number of rotatable bonds is 12. The van der Waals surface area contributed by atoms with Crippen LogP contribution < -0.4 is 10.6 Å². The molecule has 8 nitrogen and oxygen atoms in total. The van der Waals surface area contributed by atoms with Gasteiger partial charge in [-0.3, -0.25) is 0 Å². The maximum Gasteiger partial charge on any atom is 0.336 e. The quantitative estimate of drug-likeness (QED) is 0.231. The van der Waals surface area contributed by atoms with Gasteiger partial charge in [-0.05, 0) is 57.9 Å². The normalized spacial score (nSPS) is 15.5. The van der Waals surface area contributed by atoms with E-state index in [1.54, 1.807) is 33.9 Å². The zero-order valence-corrected chi connectivity index (χ0v) is 23.4. The van der Waals surface area contributed by atoms with Gasteiger partial charge in [0.2, 0.25) is 0 Å². The third-order valence-corrected chi connectivity index (χ3v) is 5.71. The second-order valence-corrected chi connectivity index (χ2v) is 8.25. The van der Waals surface area contributed by atoms with Crippen LogP contribution in [0.4, 0.5) is 0 Å². The Kier molecular flexibility index (Phi) is 13.7. The number of allylic oxidation sites excluding steroid dienone is 1. The molecule has 204 valence electrons. The Hall–Kier alpha value is -3.10. The summed E-state index contributed by atoms with van der Waals surface area (Å²) in [5.41, 5.74) is 3.75. The monoisotopic (exact) mass is 534 g/mol. The molecule has 1 aromatic carbocycles. The average Bonchev–Trinajstić information content (AvgIpc) is 2.86. The Balaban J connectivity index is 0.00000684. The van der Waals surface area contributed by atoms with E-state index in [2.05, 4.69) is 10.6 Å². The van der Waals surface area contributed by atoms with Crippen molar-refractivity contribution in [2.75, 3.05) is 33.4 Å². The van der Waals surface area contributed by atoms with Crippen LogP contribution in [0, 0.1) is 0 Å². The number of carbonyl (C=O) groups excluding carboxylic acids is 3. The van der Waals surface area contributed by atoms with Crippen LogP contribution in [0.25, 0.3) is 6.08 Å². The van der Waals surface area contributed by atoms with Crippen molar-refractivity contribution in [1.29, 1.82) is 0 Å². The van der Waals surface area contributed by atoms with E-state index in [0.29, 0.717) is 58.8 Å². The van der Waals surface area contributed by atoms with Gasteiger partial charge in [-0.2, -0.15) is 0 Å². The molecule has 1 heterocycles. The molecule has 0 fully saturated rings. The van der Waals surface area contributed by atoms with E-state index < -0.39 is 17.9 Å². The zero-order chi connectivity index (χ0) is 26.7. The summed E-state index contributed by atoms with van der Waals surface area (Å²) < 4.78 is 16.2. The molecule has 1 unspecified atom stereocenters. The van der Waals surface area contributed by atoms with Crippen molar-refractivity contribution in [3.05, 3.63) is 63.5 Å². The summed E-state index contributed by atoms with van der Waals surface area (Å²) in [5.74, 6) is -2.18. The van der Waals surface area contributed by atoms with Crippen molar-refractivity contribution in [1.82, 2.24) is 10.6 Å². The zero-order valence-electron chi connectivity index (χ0n) is 22.6. The molecule has 0 radical (unpaired) electrons. The molecule has 0 spiro atoms. The molecule has 1 atom stereocenters. The van der Waals surface area contributed by atoms with Crippen molar-refractivity contribution in [2.45, 2.75) is 53.4 Å². The van der Waals surface area contributed by atoms with Gasteiger partial charge in [-0.1, -0.05) is 38.1 Å². The molecule has 2 rings (SSSR count). The number of nitrogens with one attached hydrogen (secondary N) is 2. The van der Waals surface area contributed by atoms with Gasteiger partial charge in [0.1, 0.15) is 0 Å². The largest absolute Gasteiger partial charge is 0.463 e. The van der Waals surface area contributed by atoms with Gasteiger partial charge in [-0.15, -0.1) is 12.4 Å². The first-order chi connectivity index (χ1) is 17.3. The second kappa shape index (κ2) is 15.9. The fourth-order valence-corrected chi connectivity index (χ4v) is 4.14. The highest BCUT2D eigenvalue weighted by atomic mass is 35.5. The van der Waals surface area contributed by atoms with Crippen molar-refractivity contribution < 1.29 is 28.6 Å². The molecule has 2 N–H and O–H groups in total. The minimum atomic E-state index is -0.759. The SMILES string of the molecule is CCCOC(=O)/C(=C/c1ccccc1C1C(C(=O)OCC)=C(C)NC(CNC)=C1C(=O)OCC)CC.Cl. The Labute approximate surface area is 225 Å². The van der Waals surface area contributed by atoms with E-state index in [4.69, 9.17) is 14.2 Å². The standard InChI is InChI=1S/C28H38N2O6.ClH/c1-7-15-36-26(31)19(8-2)16-20-13-11-12-14-21(20)24-23(27(32)34-9-3)18(5)30-22(17-29-6)25(24)28(33)35-10-4;/h11-14,16,24,29-30H,7-10,15,17H2,1-6H3;1H/b19-16+;. The average molecular weight is 535 g/mol. The number of ether oxygens (including phenoxy) is 3. The Morgan fingerprint density at radius 2 is 1.59 bits per heavy atom. The third-order valence-electron chi connectivity index (χ3n) is 5.71. The Morgan fingerprint density at radius 3 is 2.16 bits per heavy atom. The smallest absolute Gasteiger partial charge is 0.336 e. The van der Waals surface area contributed by atoms with Crippen LogP contribution in [0.5, 0.6) is 0 Å². The van der Waals surface area contributed by atoms with Gasteiger partial charge in [0.15, 0.2) is 0 Å². The first-order valence-corrected chi connectivity index (χ1v) is 12.5. The fourth-order valence-electron chi connectivity index (χ4n) is 4.14. The lowest BCUT2D eigenvalue weighted by atomic mass is 9.78. The molecule has 0 saturated heterocycles. The molecule has 1 aliphatic rings. The van der Waals surface area contributed by atoms with Crippen LogP contribution in [0.3, 0.4) is 0 Å². The molecule has 0 bridgehead atoms. The summed E-state index contributed by atoms with van der Waals surface area (Å²) in [5, 5.41) is 6.29. The lowest BCUT2D eigenvalue weighted by Crippen LogP contribution is -2.36. The fraction of sp³-hybridized carbons (Fsp3) is 0.464. The number of likely N-dealkylation sites (N-methyl/N-ethyl adjacent to an activating group) is 1. The molecular formula is C28H39ClN2O6. The topological polar surface area (TPSA) is 103 Å². The molecule has 0 amide bonds. The molecule has 0 aromatic heterocycles. The van der Waals surface area contributed by atoms with Crippen LogP contribution in [0.2, 0.25) is 0 Å². The summed E-state index contributed by atoms with van der Waals surface area (Å²) in [6.45, 7) is 10.2. The van der Waals surface area contributed by atoms with Crippen LogP contribution >= 0.6 is 12.4 Å². The second-order valence-electron chi connectivity index (χ2n) is 8.25. The van der Waals surface area contributed by atoms with Gasteiger partial charge in [0.05, 0.1) is 36.9 Å². The van der Waals surface area contributed by atoms with Crippen molar-refractivity contribution >= 4 is 36.4 Å². The molecule has 0 aliphatic carbocycles. The number of benzene rings is 1. The van der Waals surface area contributed by atoms with E-state index in [-0.39, 0.29) is 31.6 Å². The van der Waals surface area contributed by atoms with Gasteiger partial charge in [-0.25, -0.2) is 14.4 Å². The summed E-state index contributed by atoms with van der Waals surface area (Å²) in [7, 11) is 1.78. The van der Waals surface area contributed by atoms with E-state index in [0.717, 1.165) is 6.42 Å². The van der Waals surface area contributed by atoms with Crippen LogP contribution in [0.15, 0.2) is 52.4 Å². The van der Waals surface area contributed by atoms with E-state index >= 15 is 0 Å². The van der Waals surface area contributed by atoms with Crippen LogP contribution in [0.1, 0.15) is 64.5 Å². The lowest BCUT2D eigenvalue weighted by Gasteiger charge is -2.32. The van der Waals surface area contributed by atoms with Crippen molar-refractivity contribution in [3.63, 3.8) is 0 Å². The molecule has 9 heteroatoms. The van der Waals surface area contributed by atoms with Gasteiger partial charge in [0.25, 0.3) is 0 Å². The number of hydrogen-bond donors (Lipinski definition) is 2. The van der Waals surface area contributed by atoms with Crippen LogP contribution in [-0.2, 0) is 28.6 Å². The summed E-state index contributed by atoms with van der Waals surface area (Å²) in [6, 6.07) is 7.41. The predicted molar refractivity (Wildman–Crippen MR) is 146 cm³/mol. The highest BCUT2D eigenvalue weighted by Crippen LogP contribution is 2.41. The predicted octanol–water partition coefficient (Wildman–Crippen LogP) is 4.42. The minimum Gasteiger partial charge on any atom is -0.463 e. The highest BCUT2D eigenvalue weighted by molar-refractivity contribution is 6.01. The highest BCUT2D eigenvalue weighted by Gasteiger charge is 2.39. The summed E-state index contributed by atoms with van der Waals surface area (Å²) in [4.78, 5) is 39.2. The maximum absolute atomic E-state index is 13.3. The number of dihydropyridines is 1. The van der Waals surface area contributed by atoms with Crippen molar-refractivity contribution in [2.24, 2.45) is 0 Å². The van der Waals surface area contributed by atoms with Crippen molar-refractivity contribution in [3.8, 4) is 0 Å². The van der Waals surface area contributed by atoms with E-state index in [9.17, 15) is 14.4 Å².